The van der Waals surface area contributed by atoms with Gasteiger partial charge in [-0.3, -0.25) is 9.59 Å². The molecule has 2 amide bonds. The summed E-state index contributed by atoms with van der Waals surface area (Å²) in [5, 5.41) is 5.66. The van der Waals surface area contributed by atoms with Gasteiger partial charge in [0, 0.05) is 11.4 Å². The normalized spacial score (nSPS) is 13.4. The number of hydrogen-bond acceptors (Lipinski definition) is 4. The molecule has 0 saturated heterocycles. The minimum atomic E-state index is -0.221. The molecule has 2 aromatic rings. The second kappa shape index (κ2) is 6.05. The van der Waals surface area contributed by atoms with Crippen molar-refractivity contribution in [2.75, 3.05) is 17.6 Å². The highest BCUT2D eigenvalue weighted by Gasteiger charge is 2.15. The van der Waals surface area contributed by atoms with Crippen molar-refractivity contribution in [2.45, 2.75) is 11.3 Å². The first-order valence-corrected chi connectivity index (χ1v) is 7.58. The number of anilines is 1. The molecule has 0 fully saturated rings. The molecule has 1 aromatic heterocycles. The first-order valence-electron chi connectivity index (χ1n) is 6.59. The standard InChI is InChI=1S/C15H14N2O3S/c18-14-9-21-13-4-3-10(8-11(13)17-14)5-6-16-15(19)12-2-1-7-20-12/h1-4,7-8H,5-6,9H2,(H,16,19)(H,17,18). The molecule has 1 aliphatic heterocycles. The molecule has 0 atom stereocenters. The third-order valence-electron chi connectivity index (χ3n) is 3.12. The minimum Gasteiger partial charge on any atom is -0.459 e. The van der Waals surface area contributed by atoms with Crippen molar-refractivity contribution in [3.63, 3.8) is 0 Å². The van der Waals surface area contributed by atoms with Crippen LogP contribution < -0.4 is 10.6 Å². The molecular formula is C15H14N2O3S. The van der Waals surface area contributed by atoms with E-state index in [1.165, 1.54) is 18.0 Å². The summed E-state index contributed by atoms with van der Waals surface area (Å²) in [6.07, 6.45) is 2.17. The van der Waals surface area contributed by atoms with Crippen LogP contribution >= 0.6 is 11.8 Å². The average Bonchev–Trinajstić information content (AvgIpc) is 3.01. The van der Waals surface area contributed by atoms with Crippen LogP contribution in [-0.2, 0) is 11.2 Å². The summed E-state index contributed by atoms with van der Waals surface area (Å²) in [7, 11) is 0. The minimum absolute atomic E-state index is 0.0239. The molecule has 2 heterocycles. The van der Waals surface area contributed by atoms with Crippen molar-refractivity contribution >= 4 is 29.3 Å². The maximum Gasteiger partial charge on any atom is 0.286 e. The first-order chi connectivity index (χ1) is 10.2. The Labute approximate surface area is 126 Å². The summed E-state index contributed by atoms with van der Waals surface area (Å²) >= 11 is 1.54. The van der Waals surface area contributed by atoms with E-state index in [-0.39, 0.29) is 11.8 Å². The Morgan fingerprint density at radius 3 is 3.10 bits per heavy atom. The van der Waals surface area contributed by atoms with E-state index >= 15 is 0 Å². The Morgan fingerprint density at radius 1 is 1.38 bits per heavy atom. The lowest BCUT2D eigenvalue weighted by Gasteiger charge is -2.17. The second-order valence-corrected chi connectivity index (χ2v) is 5.67. The van der Waals surface area contributed by atoms with Gasteiger partial charge in [0.25, 0.3) is 5.91 Å². The van der Waals surface area contributed by atoms with Gasteiger partial charge in [0.15, 0.2) is 5.76 Å². The lowest BCUT2D eigenvalue weighted by Crippen LogP contribution is -2.25. The zero-order valence-electron chi connectivity index (χ0n) is 11.2. The zero-order chi connectivity index (χ0) is 14.7. The Bertz CT molecular complexity index is 668. The number of carbonyl (C=O) groups excluding carboxylic acids is 2. The van der Waals surface area contributed by atoms with E-state index in [1.807, 2.05) is 18.2 Å². The average molecular weight is 302 g/mol. The molecule has 108 valence electrons. The van der Waals surface area contributed by atoms with Gasteiger partial charge in [-0.05, 0) is 36.2 Å². The summed E-state index contributed by atoms with van der Waals surface area (Å²) < 4.78 is 5.02. The van der Waals surface area contributed by atoms with E-state index in [4.69, 9.17) is 4.42 Å². The van der Waals surface area contributed by atoms with Gasteiger partial charge in [0.1, 0.15) is 0 Å². The number of thioether (sulfide) groups is 1. The van der Waals surface area contributed by atoms with Crippen molar-refractivity contribution in [1.82, 2.24) is 5.32 Å². The van der Waals surface area contributed by atoms with Crippen LogP contribution in [0.1, 0.15) is 16.1 Å². The monoisotopic (exact) mass is 302 g/mol. The number of rotatable bonds is 4. The molecule has 0 radical (unpaired) electrons. The Kier molecular flexibility index (Phi) is 3.96. The third kappa shape index (κ3) is 3.28. The van der Waals surface area contributed by atoms with Gasteiger partial charge in [-0.25, -0.2) is 0 Å². The number of nitrogens with one attached hydrogen (secondary N) is 2. The van der Waals surface area contributed by atoms with Crippen LogP contribution in [0, 0.1) is 0 Å². The molecule has 0 aliphatic carbocycles. The molecule has 0 saturated carbocycles. The maximum absolute atomic E-state index is 11.7. The molecule has 2 N–H and O–H groups in total. The molecule has 21 heavy (non-hydrogen) atoms. The van der Waals surface area contributed by atoms with Gasteiger partial charge in [-0.1, -0.05) is 6.07 Å². The predicted molar refractivity (Wildman–Crippen MR) is 80.5 cm³/mol. The SMILES string of the molecule is O=C1CSc2ccc(CCNC(=O)c3ccco3)cc2N1. The lowest BCUT2D eigenvalue weighted by molar-refractivity contribution is -0.113. The van der Waals surface area contributed by atoms with E-state index in [2.05, 4.69) is 10.6 Å². The lowest BCUT2D eigenvalue weighted by atomic mass is 10.1. The highest BCUT2D eigenvalue weighted by atomic mass is 32.2. The fourth-order valence-corrected chi connectivity index (χ4v) is 2.89. The van der Waals surface area contributed by atoms with E-state index in [0.717, 1.165) is 16.1 Å². The van der Waals surface area contributed by atoms with Crippen LogP contribution in [-0.4, -0.2) is 24.1 Å². The fourth-order valence-electron chi connectivity index (χ4n) is 2.10. The van der Waals surface area contributed by atoms with Crippen molar-refractivity contribution in [3.8, 4) is 0 Å². The molecule has 0 bridgehead atoms. The van der Waals surface area contributed by atoms with E-state index in [9.17, 15) is 9.59 Å². The van der Waals surface area contributed by atoms with Crippen LogP contribution in [0.25, 0.3) is 0 Å². The van der Waals surface area contributed by atoms with E-state index < -0.39 is 0 Å². The highest BCUT2D eigenvalue weighted by Crippen LogP contribution is 2.31. The van der Waals surface area contributed by atoms with Crippen molar-refractivity contribution in [3.05, 3.63) is 47.9 Å². The summed E-state index contributed by atoms with van der Waals surface area (Å²) in [5.41, 5.74) is 1.92. The first kappa shape index (κ1) is 13.8. The molecular weight excluding hydrogens is 288 g/mol. The van der Waals surface area contributed by atoms with Gasteiger partial charge >= 0.3 is 0 Å². The molecule has 1 aliphatic rings. The quantitative estimate of drug-likeness (QED) is 0.909. The number of furan rings is 1. The van der Waals surface area contributed by atoms with Crippen LogP contribution in [0.5, 0.6) is 0 Å². The molecule has 6 heteroatoms. The van der Waals surface area contributed by atoms with E-state index in [0.29, 0.717) is 24.5 Å². The van der Waals surface area contributed by atoms with Crippen molar-refractivity contribution in [1.29, 1.82) is 0 Å². The second-order valence-electron chi connectivity index (χ2n) is 4.65. The number of hydrogen-bond donors (Lipinski definition) is 2. The zero-order valence-corrected chi connectivity index (χ0v) is 12.0. The summed E-state index contributed by atoms with van der Waals surface area (Å²) in [5.74, 6) is 0.577. The molecule has 3 rings (SSSR count). The molecule has 5 nitrogen and oxygen atoms in total. The van der Waals surface area contributed by atoms with Crippen LogP contribution in [0.2, 0.25) is 0 Å². The highest BCUT2D eigenvalue weighted by molar-refractivity contribution is 8.00. The number of benzene rings is 1. The predicted octanol–water partition coefficient (Wildman–Crippen LogP) is 2.30. The summed E-state index contributed by atoms with van der Waals surface area (Å²) in [6, 6.07) is 9.28. The number of amides is 2. The summed E-state index contributed by atoms with van der Waals surface area (Å²) in [6.45, 7) is 0.513. The largest absolute Gasteiger partial charge is 0.459 e. The number of fused-ring (bicyclic) bond motifs is 1. The summed E-state index contributed by atoms with van der Waals surface area (Å²) in [4.78, 5) is 24.2. The van der Waals surface area contributed by atoms with Crippen molar-refractivity contribution in [2.24, 2.45) is 0 Å². The Balaban J connectivity index is 1.57. The maximum atomic E-state index is 11.7. The van der Waals surface area contributed by atoms with Crippen molar-refractivity contribution < 1.29 is 14.0 Å². The molecule has 0 unspecified atom stereocenters. The van der Waals surface area contributed by atoms with Gasteiger partial charge in [0.05, 0.1) is 17.7 Å². The Morgan fingerprint density at radius 2 is 2.29 bits per heavy atom. The smallest absolute Gasteiger partial charge is 0.286 e. The molecule has 1 aromatic carbocycles. The van der Waals surface area contributed by atoms with E-state index in [1.54, 1.807) is 12.1 Å². The number of carbonyl (C=O) groups is 2. The van der Waals surface area contributed by atoms with Gasteiger partial charge in [0.2, 0.25) is 5.91 Å². The van der Waals surface area contributed by atoms with Gasteiger partial charge in [-0.2, -0.15) is 0 Å². The van der Waals surface area contributed by atoms with Crippen LogP contribution in [0.4, 0.5) is 5.69 Å². The fraction of sp³-hybridized carbons (Fsp3) is 0.200. The Hall–Kier alpha value is -2.21. The van der Waals surface area contributed by atoms with Gasteiger partial charge < -0.3 is 15.1 Å². The van der Waals surface area contributed by atoms with Crippen LogP contribution in [0.3, 0.4) is 0 Å². The van der Waals surface area contributed by atoms with Crippen LogP contribution in [0.15, 0.2) is 45.9 Å². The third-order valence-corrected chi connectivity index (χ3v) is 4.19. The van der Waals surface area contributed by atoms with Gasteiger partial charge in [-0.15, -0.1) is 11.8 Å². The molecule has 0 spiro atoms. The topological polar surface area (TPSA) is 71.3 Å².